The van der Waals surface area contributed by atoms with Crippen LogP contribution in [0.25, 0.3) is 22.3 Å². The van der Waals surface area contributed by atoms with Crippen LogP contribution >= 0.6 is 0 Å². The van der Waals surface area contributed by atoms with Crippen molar-refractivity contribution in [2.45, 2.75) is 137 Å². The fraction of sp³-hybridized carbons (Fsp3) is 0.313. The molecule has 2 heterocycles. The molecular weight excluding hydrogens is 844 g/mol. The molecule has 0 saturated heterocycles. The molecule has 2 aliphatic carbocycles. The zero-order valence-corrected chi connectivity index (χ0v) is 44.3. The van der Waals surface area contributed by atoms with Gasteiger partial charge in [-0.25, -0.2) is 0 Å². The molecule has 2 nitrogen and oxygen atoms in total. The van der Waals surface area contributed by atoms with Crippen LogP contribution in [0.2, 0.25) is 0 Å². The molecule has 0 fully saturated rings. The van der Waals surface area contributed by atoms with Gasteiger partial charge in [0.05, 0.1) is 5.69 Å². The van der Waals surface area contributed by atoms with Gasteiger partial charge in [-0.2, -0.15) is 0 Å². The highest BCUT2D eigenvalue weighted by Crippen LogP contribution is 2.55. The first-order valence-electron chi connectivity index (χ1n) is 25.9. The zero-order chi connectivity index (χ0) is 49.4. The van der Waals surface area contributed by atoms with Crippen molar-refractivity contribution in [2.24, 2.45) is 0 Å². The average Bonchev–Trinajstić information content (AvgIpc) is 3.55. The predicted molar refractivity (Wildman–Crippen MR) is 304 cm³/mol. The number of rotatable bonds is 4. The van der Waals surface area contributed by atoms with Gasteiger partial charge >= 0.3 is 0 Å². The summed E-state index contributed by atoms with van der Waals surface area (Å²) in [7, 11) is 0. The third-order valence-corrected chi connectivity index (χ3v) is 16.2. The Morgan fingerprint density at radius 3 is 1.56 bits per heavy atom. The molecule has 0 aromatic heterocycles. The van der Waals surface area contributed by atoms with Crippen LogP contribution in [0.1, 0.15) is 149 Å². The normalized spacial score (nSPS) is 16.1. The molecule has 7 aromatic carbocycles. The molecule has 0 N–H and O–H groups in total. The van der Waals surface area contributed by atoms with Crippen LogP contribution in [0.5, 0.6) is 0 Å². The highest BCUT2D eigenvalue weighted by atomic mass is 15.2. The molecule has 70 heavy (non-hydrogen) atoms. The second kappa shape index (κ2) is 15.8. The molecule has 11 rings (SSSR count). The van der Waals surface area contributed by atoms with E-state index in [1.807, 2.05) is 0 Å². The summed E-state index contributed by atoms with van der Waals surface area (Å²) in [5, 5.41) is 0. The van der Waals surface area contributed by atoms with Gasteiger partial charge in [-0.1, -0.05) is 206 Å². The molecule has 0 bridgehead atoms. The van der Waals surface area contributed by atoms with E-state index in [9.17, 15) is 0 Å². The maximum atomic E-state index is 2.65. The number of benzene rings is 7. The Hall–Kier alpha value is -6.32. The van der Waals surface area contributed by atoms with Gasteiger partial charge in [0.15, 0.2) is 0 Å². The Labute approximate surface area is 420 Å². The lowest BCUT2D eigenvalue weighted by atomic mass is 9.33. The van der Waals surface area contributed by atoms with Crippen molar-refractivity contribution >= 4 is 68.4 Å². The van der Waals surface area contributed by atoms with Crippen molar-refractivity contribution in [2.75, 3.05) is 9.80 Å². The molecule has 4 aliphatic rings. The Morgan fingerprint density at radius 2 is 0.957 bits per heavy atom. The van der Waals surface area contributed by atoms with Crippen molar-refractivity contribution < 1.29 is 0 Å². The van der Waals surface area contributed by atoms with Crippen LogP contribution in [0.15, 0.2) is 157 Å². The zero-order valence-electron chi connectivity index (χ0n) is 44.3. The summed E-state index contributed by atoms with van der Waals surface area (Å²) in [5.74, 6) is 0. The Kier molecular flexibility index (Phi) is 10.4. The monoisotopic (exact) mass is 915 g/mol. The Balaban J connectivity index is 1.19. The quantitative estimate of drug-likeness (QED) is 0.162. The number of hydrogen-bond donors (Lipinski definition) is 0. The SMILES string of the molecule is CC(C)(C)c1ccc(N2c3cc(C(C)(C)C)ccc3B3c4ccc(C(C)(C)C)cc4N(c4ccc(C5=CCCC6=C5c5ccccc5C6(C)C)cc4)c4cc(C(C)(C)C)cc2c43)c(-c2ccccc2)c1. The van der Waals surface area contributed by atoms with E-state index in [1.54, 1.807) is 5.57 Å². The van der Waals surface area contributed by atoms with Crippen molar-refractivity contribution in [1.29, 1.82) is 0 Å². The van der Waals surface area contributed by atoms with Crippen LogP contribution in [0, 0.1) is 0 Å². The van der Waals surface area contributed by atoms with E-state index in [0.717, 1.165) is 12.8 Å². The smallest absolute Gasteiger partial charge is 0.252 e. The number of fused-ring (bicyclic) bond motifs is 6. The summed E-state index contributed by atoms with van der Waals surface area (Å²) < 4.78 is 0. The maximum absolute atomic E-state index is 2.65. The highest BCUT2D eigenvalue weighted by Gasteiger charge is 2.46. The summed E-state index contributed by atoms with van der Waals surface area (Å²) >= 11 is 0. The fourth-order valence-electron chi connectivity index (χ4n) is 12.1. The molecule has 0 radical (unpaired) electrons. The summed E-state index contributed by atoms with van der Waals surface area (Å²) in [6, 6.07) is 57.0. The van der Waals surface area contributed by atoms with Gasteiger partial charge in [-0.15, -0.1) is 0 Å². The van der Waals surface area contributed by atoms with Gasteiger partial charge in [0, 0.05) is 39.4 Å². The predicted octanol–water partition coefficient (Wildman–Crippen LogP) is 16.5. The summed E-state index contributed by atoms with van der Waals surface area (Å²) in [6.07, 6.45) is 4.68. The van der Waals surface area contributed by atoms with Gasteiger partial charge in [0.25, 0.3) is 6.71 Å². The second-order valence-corrected chi connectivity index (χ2v) is 25.4. The molecule has 0 amide bonds. The number of allylic oxidation sites excluding steroid dienone is 4. The van der Waals surface area contributed by atoms with Gasteiger partial charge < -0.3 is 9.80 Å². The molecule has 0 spiro atoms. The number of anilines is 6. The van der Waals surface area contributed by atoms with Gasteiger partial charge in [-0.05, 0) is 155 Å². The van der Waals surface area contributed by atoms with Crippen molar-refractivity contribution in [1.82, 2.24) is 0 Å². The molecule has 352 valence electrons. The lowest BCUT2D eigenvalue weighted by Gasteiger charge is -2.46. The molecule has 2 aliphatic heterocycles. The van der Waals surface area contributed by atoms with E-state index in [2.05, 4.69) is 258 Å². The molecule has 3 heteroatoms. The topological polar surface area (TPSA) is 6.48 Å². The van der Waals surface area contributed by atoms with E-state index < -0.39 is 0 Å². The molecule has 0 unspecified atom stereocenters. The lowest BCUT2D eigenvalue weighted by molar-refractivity contribution is 0.589. The van der Waals surface area contributed by atoms with E-state index in [1.165, 1.54) is 112 Å². The summed E-state index contributed by atoms with van der Waals surface area (Å²) in [4.78, 5) is 5.28. The second-order valence-electron chi connectivity index (χ2n) is 25.4. The molecular formula is C67H71BN2. The number of nitrogens with zero attached hydrogens (tertiary/aromatic N) is 2. The van der Waals surface area contributed by atoms with E-state index in [-0.39, 0.29) is 33.8 Å². The van der Waals surface area contributed by atoms with Crippen LogP contribution in [-0.4, -0.2) is 6.71 Å². The van der Waals surface area contributed by atoms with Gasteiger partial charge in [-0.3, -0.25) is 0 Å². The van der Waals surface area contributed by atoms with Crippen molar-refractivity contribution in [3.63, 3.8) is 0 Å². The Bertz CT molecular complexity index is 3320. The molecule has 0 saturated carbocycles. The van der Waals surface area contributed by atoms with Crippen molar-refractivity contribution in [3.05, 3.63) is 196 Å². The molecule has 0 atom stereocenters. The lowest BCUT2D eigenvalue weighted by Crippen LogP contribution is -2.61. The maximum Gasteiger partial charge on any atom is 0.252 e. The minimum Gasteiger partial charge on any atom is -0.311 e. The van der Waals surface area contributed by atoms with Crippen LogP contribution in [-0.2, 0) is 27.1 Å². The minimum atomic E-state index is -0.133. The molecule has 7 aromatic rings. The fourth-order valence-corrected chi connectivity index (χ4v) is 12.1. The first kappa shape index (κ1) is 46.1. The largest absolute Gasteiger partial charge is 0.311 e. The van der Waals surface area contributed by atoms with Crippen molar-refractivity contribution in [3.8, 4) is 11.1 Å². The Morgan fingerprint density at radius 1 is 0.443 bits per heavy atom. The van der Waals surface area contributed by atoms with E-state index >= 15 is 0 Å². The van der Waals surface area contributed by atoms with Gasteiger partial charge in [0.1, 0.15) is 0 Å². The first-order valence-corrected chi connectivity index (χ1v) is 25.9. The highest BCUT2D eigenvalue weighted by molar-refractivity contribution is 7.00. The third kappa shape index (κ3) is 7.36. The first-order chi connectivity index (χ1) is 33.0. The van der Waals surface area contributed by atoms with E-state index in [4.69, 9.17) is 0 Å². The minimum absolute atomic E-state index is 0.0196. The summed E-state index contributed by atoms with van der Waals surface area (Å²) in [6.45, 7) is 33.1. The van der Waals surface area contributed by atoms with Crippen LogP contribution in [0.4, 0.5) is 34.1 Å². The van der Waals surface area contributed by atoms with E-state index in [0.29, 0.717) is 0 Å². The van der Waals surface area contributed by atoms with Crippen LogP contribution in [0.3, 0.4) is 0 Å². The standard InChI is InChI=1S/C67H71BN2/c1-63(2,3)44-31-36-56(51(37-44)42-21-16-15-17-22-42)70-58-39-46(65(7,8)9)30-35-55(58)68-54-34-29-45(64(4,5)6)38-57(54)69(59-40-47(66(10,11)12)41-60(70)62(59)68)48-32-27-43(28-33-48)49-24-20-26-53-61(49)50-23-18-19-25-52(50)67(53,13)14/h15-19,21-25,27-41H,20,26H2,1-14H3. The average molecular weight is 915 g/mol. The number of hydrogen-bond acceptors (Lipinski definition) is 2. The van der Waals surface area contributed by atoms with Crippen LogP contribution < -0.4 is 26.2 Å². The summed E-state index contributed by atoms with van der Waals surface area (Å²) in [5.41, 5.74) is 27.6. The van der Waals surface area contributed by atoms with Gasteiger partial charge in [0.2, 0.25) is 0 Å². The third-order valence-electron chi connectivity index (χ3n) is 16.2.